The Balaban J connectivity index is 1.79. The number of rotatable bonds is 11. The van der Waals surface area contributed by atoms with Gasteiger partial charge in [-0.1, -0.05) is 44.1 Å². The van der Waals surface area contributed by atoms with Gasteiger partial charge >= 0.3 is 6.18 Å². The number of hydrogen-bond donors (Lipinski definition) is 3. The molecule has 2 aromatic carbocycles. The predicted octanol–water partition coefficient (Wildman–Crippen LogP) is 6.75. The number of allylic oxidation sites excluding steroid dienone is 2. The Morgan fingerprint density at radius 1 is 1.03 bits per heavy atom. The van der Waals surface area contributed by atoms with E-state index in [4.69, 9.17) is 5.73 Å². The number of nitrogen functional groups attached to an aromatic ring is 1. The van der Waals surface area contributed by atoms with E-state index in [1.165, 1.54) is 25.0 Å². The summed E-state index contributed by atoms with van der Waals surface area (Å²) >= 11 is 0. The molecule has 1 amide bonds. The summed E-state index contributed by atoms with van der Waals surface area (Å²) in [6.45, 7) is 2.51. The molecule has 4 N–H and O–H groups in total. The molecule has 0 radical (unpaired) electrons. The molecular formula is C24H30F3N3O. The van der Waals surface area contributed by atoms with E-state index >= 15 is 0 Å². The Hall–Kier alpha value is -2.96. The molecule has 2 rings (SSSR count). The highest BCUT2D eigenvalue weighted by Gasteiger charge is 2.29. The summed E-state index contributed by atoms with van der Waals surface area (Å²) in [5, 5.41) is 5.94. The molecule has 0 fully saturated rings. The zero-order chi connectivity index (χ0) is 22.7. The van der Waals surface area contributed by atoms with Gasteiger partial charge in [0.1, 0.15) is 0 Å². The van der Waals surface area contributed by atoms with Crippen molar-refractivity contribution in [3.05, 3.63) is 65.7 Å². The second-order valence-electron chi connectivity index (χ2n) is 7.40. The zero-order valence-corrected chi connectivity index (χ0v) is 17.8. The lowest BCUT2D eigenvalue weighted by Crippen LogP contribution is -2.12. The van der Waals surface area contributed by atoms with Crippen LogP contribution >= 0.6 is 0 Å². The number of nitrogens with one attached hydrogen (secondary N) is 2. The summed E-state index contributed by atoms with van der Waals surface area (Å²) in [7, 11) is 0. The average molecular weight is 434 g/mol. The average Bonchev–Trinajstić information content (AvgIpc) is 2.73. The van der Waals surface area contributed by atoms with E-state index in [2.05, 4.69) is 29.7 Å². The van der Waals surface area contributed by atoms with Crippen LogP contribution in [-0.4, -0.2) is 5.91 Å². The third-order valence-corrected chi connectivity index (χ3v) is 4.77. The molecule has 0 aliphatic rings. The quantitative estimate of drug-likeness (QED) is 0.208. The van der Waals surface area contributed by atoms with Crippen molar-refractivity contribution in [2.75, 3.05) is 16.4 Å². The first-order valence-corrected chi connectivity index (χ1v) is 10.5. The molecule has 7 heteroatoms. The van der Waals surface area contributed by atoms with Crippen molar-refractivity contribution >= 4 is 23.0 Å². The highest BCUT2D eigenvalue weighted by molar-refractivity contribution is 5.94. The predicted molar refractivity (Wildman–Crippen MR) is 121 cm³/mol. The monoisotopic (exact) mass is 433 g/mol. The van der Waals surface area contributed by atoms with E-state index in [1.807, 2.05) is 0 Å². The fraction of sp³-hybridized carbons (Fsp3) is 0.375. The molecule has 0 aliphatic heterocycles. The van der Waals surface area contributed by atoms with Gasteiger partial charge in [-0.05, 0) is 55.2 Å². The lowest BCUT2D eigenvalue weighted by molar-refractivity contribution is -0.137. The minimum absolute atomic E-state index is 0.0841. The largest absolute Gasteiger partial charge is 0.416 e. The van der Waals surface area contributed by atoms with Gasteiger partial charge in [0.15, 0.2) is 0 Å². The number of anilines is 3. The number of nitrogens with two attached hydrogens (primary N) is 1. The first-order valence-electron chi connectivity index (χ1n) is 10.5. The second kappa shape index (κ2) is 12.0. The topological polar surface area (TPSA) is 67.2 Å². The zero-order valence-electron chi connectivity index (χ0n) is 17.8. The van der Waals surface area contributed by atoms with Gasteiger partial charge in [0.05, 0.1) is 16.9 Å². The molecule has 2 aromatic rings. The Labute approximate surface area is 181 Å². The van der Waals surface area contributed by atoms with Crippen molar-refractivity contribution in [1.29, 1.82) is 0 Å². The molecule has 0 bridgehead atoms. The first-order chi connectivity index (χ1) is 14.8. The van der Waals surface area contributed by atoms with Gasteiger partial charge in [-0.25, -0.2) is 0 Å². The van der Waals surface area contributed by atoms with Crippen molar-refractivity contribution in [3.8, 4) is 0 Å². The number of carbonyl (C=O) groups excluding carboxylic acids is 1. The third-order valence-electron chi connectivity index (χ3n) is 4.77. The summed E-state index contributed by atoms with van der Waals surface area (Å²) in [5.41, 5.74) is 7.76. The molecule has 0 saturated heterocycles. The minimum atomic E-state index is -4.34. The van der Waals surface area contributed by atoms with Crippen molar-refractivity contribution in [2.45, 2.75) is 58.2 Å². The van der Waals surface area contributed by atoms with Gasteiger partial charge in [-0.3, -0.25) is 4.79 Å². The van der Waals surface area contributed by atoms with E-state index in [9.17, 15) is 18.0 Å². The van der Waals surface area contributed by atoms with Crippen molar-refractivity contribution in [3.63, 3.8) is 0 Å². The van der Waals surface area contributed by atoms with Gasteiger partial charge in [0, 0.05) is 18.7 Å². The Morgan fingerprint density at radius 3 is 2.32 bits per heavy atom. The number of hydrogen-bond acceptors (Lipinski definition) is 3. The SMILES string of the molecule is CCCC/C=C/CCCC(=O)Nc1ccc(NCc2ccc(C(F)(F)F)cc2)cc1N. The van der Waals surface area contributed by atoms with Crippen LogP contribution in [0.1, 0.15) is 56.6 Å². The molecule has 0 heterocycles. The Morgan fingerprint density at radius 2 is 1.71 bits per heavy atom. The Kier molecular flexibility index (Phi) is 9.43. The normalized spacial score (nSPS) is 11.6. The molecule has 4 nitrogen and oxygen atoms in total. The number of benzene rings is 2. The van der Waals surface area contributed by atoms with Crippen molar-refractivity contribution in [1.82, 2.24) is 0 Å². The molecule has 0 aromatic heterocycles. The molecule has 0 saturated carbocycles. The summed E-state index contributed by atoms with van der Waals surface area (Å²) in [6, 6.07) is 10.2. The van der Waals surface area contributed by atoms with Crippen LogP contribution in [-0.2, 0) is 17.5 Å². The van der Waals surface area contributed by atoms with E-state index in [-0.39, 0.29) is 5.91 Å². The summed E-state index contributed by atoms with van der Waals surface area (Å²) in [4.78, 5) is 12.1. The van der Waals surface area contributed by atoms with Crippen LogP contribution in [0.3, 0.4) is 0 Å². The highest BCUT2D eigenvalue weighted by atomic mass is 19.4. The first kappa shape index (κ1) is 24.3. The molecule has 0 unspecified atom stereocenters. The summed E-state index contributed by atoms with van der Waals surface area (Å²) in [5.74, 6) is -0.0841. The smallest absolute Gasteiger partial charge is 0.397 e. The second-order valence-corrected chi connectivity index (χ2v) is 7.40. The van der Waals surface area contributed by atoms with Gasteiger partial charge in [-0.15, -0.1) is 0 Å². The minimum Gasteiger partial charge on any atom is -0.397 e. The molecule has 168 valence electrons. The summed E-state index contributed by atoms with van der Waals surface area (Å²) in [6.07, 6.45) is 5.46. The highest BCUT2D eigenvalue weighted by Crippen LogP contribution is 2.29. The van der Waals surface area contributed by atoms with Crippen molar-refractivity contribution in [2.24, 2.45) is 0 Å². The van der Waals surface area contributed by atoms with E-state index in [0.29, 0.717) is 35.6 Å². The molecule has 31 heavy (non-hydrogen) atoms. The number of amides is 1. The van der Waals surface area contributed by atoms with Gasteiger partial charge in [-0.2, -0.15) is 13.2 Å². The van der Waals surface area contributed by atoms with Gasteiger partial charge in [0.2, 0.25) is 5.91 Å². The fourth-order valence-electron chi connectivity index (χ4n) is 2.95. The standard InChI is InChI=1S/C24H30F3N3O/c1-2-3-4-5-6-7-8-9-23(31)30-22-15-14-20(16-21(22)28)29-17-18-10-12-19(13-11-18)24(25,26)27/h5-6,10-16,29H,2-4,7-9,17,28H2,1H3,(H,30,31)/b6-5+. The lowest BCUT2D eigenvalue weighted by Gasteiger charge is -2.12. The van der Waals surface area contributed by atoms with Crippen LogP contribution in [0.15, 0.2) is 54.6 Å². The van der Waals surface area contributed by atoms with Crippen LogP contribution in [0.2, 0.25) is 0 Å². The van der Waals surface area contributed by atoms with Gasteiger partial charge < -0.3 is 16.4 Å². The number of carbonyl (C=O) groups is 1. The van der Waals surface area contributed by atoms with E-state index < -0.39 is 11.7 Å². The maximum absolute atomic E-state index is 12.6. The van der Waals surface area contributed by atoms with E-state index in [1.54, 1.807) is 18.2 Å². The number of halogens is 3. The molecular weight excluding hydrogens is 403 g/mol. The number of unbranched alkanes of at least 4 members (excludes halogenated alkanes) is 3. The van der Waals surface area contributed by atoms with Crippen LogP contribution in [0.4, 0.5) is 30.2 Å². The third kappa shape index (κ3) is 8.74. The summed E-state index contributed by atoms with van der Waals surface area (Å²) < 4.78 is 37.9. The molecule has 0 atom stereocenters. The van der Waals surface area contributed by atoms with Crippen LogP contribution in [0.25, 0.3) is 0 Å². The van der Waals surface area contributed by atoms with Crippen LogP contribution < -0.4 is 16.4 Å². The van der Waals surface area contributed by atoms with Crippen LogP contribution in [0.5, 0.6) is 0 Å². The maximum Gasteiger partial charge on any atom is 0.416 e. The lowest BCUT2D eigenvalue weighted by atomic mass is 10.1. The maximum atomic E-state index is 12.6. The fourth-order valence-corrected chi connectivity index (χ4v) is 2.95. The molecule has 0 spiro atoms. The molecule has 0 aliphatic carbocycles. The number of alkyl halides is 3. The van der Waals surface area contributed by atoms with Crippen molar-refractivity contribution < 1.29 is 18.0 Å². The van der Waals surface area contributed by atoms with Crippen LogP contribution in [0, 0.1) is 0 Å². The van der Waals surface area contributed by atoms with E-state index in [0.717, 1.165) is 31.4 Å². The van der Waals surface area contributed by atoms with Gasteiger partial charge in [0.25, 0.3) is 0 Å². The Bertz CT molecular complexity index is 861.